The molecule has 24 rings (SSSR count). The quantitative estimate of drug-likeness (QED) is 0.106. The monoisotopic (exact) mass is 1680 g/mol. The Morgan fingerprint density at radius 3 is 0.606 bits per heavy atom. The number of anilines is 12. The molecule has 0 aliphatic heterocycles. The molecule has 0 bridgehead atoms. The summed E-state index contributed by atoms with van der Waals surface area (Å²) in [7, 11) is 0. The minimum absolute atomic E-state index is 0.419. The average molecular weight is 1690 g/mol. The van der Waals surface area contributed by atoms with Crippen LogP contribution in [0, 0.1) is 45.3 Å². The lowest BCUT2D eigenvalue weighted by molar-refractivity contribution is 0.809. The average Bonchev–Trinajstić information content (AvgIpc) is 1.50. The lowest BCUT2D eigenvalue weighted by atomic mass is 9.68. The predicted octanol–water partition coefficient (Wildman–Crippen LogP) is 32.3. The van der Waals surface area contributed by atoms with Crippen molar-refractivity contribution in [3.8, 4) is 68.8 Å². The second-order valence-corrected chi connectivity index (χ2v) is 35.4. The molecule has 4 aliphatic carbocycles. The Hall–Kier alpha value is -17.4. The van der Waals surface area contributed by atoms with Crippen molar-refractivity contribution in [3.63, 3.8) is 0 Å². The van der Waals surface area contributed by atoms with E-state index in [9.17, 15) is 21.0 Å². The minimum Gasteiger partial charge on any atom is -0.310 e. The lowest BCUT2D eigenvalue weighted by Crippen LogP contribution is -2.26. The van der Waals surface area contributed by atoms with Gasteiger partial charge in [-0.25, -0.2) is 0 Å². The molecule has 2 spiro atoms. The van der Waals surface area contributed by atoms with E-state index in [0.29, 0.717) is 34.1 Å². The maximum atomic E-state index is 9.70. The lowest BCUT2D eigenvalue weighted by Gasteiger charge is -2.33. The molecule has 8 heteroatoms. The van der Waals surface area contributed by atoms with Crippen molar-refractivity contribution in [2.45, 2.75) is 50.4 Å². The number of benzene rings is 20. The van der Waals surface area contributed by atoms with Gasteiger partial charge >= 0.3 is 0 Å². The summed E-state index contributed by atoms with van der Waals surface area (Å²) in [4.78, 5) is 9.13. The molecule has 0 saturated carbocycles. The largest absolute Gasteiger partial charge is 0.310 e. The van der Waals surface area contributed by atoms with E-state index in [0.717, 1.165) is 89.8 Å². The summed E-state index contributed by atoms with van der Waals surface area (Å²) in [5, 5.41) is 48.1. The van der Waals surface area contributed by atoms with Crippen LogP contribution in [0.15, 0.2) is 425 Å². The van der Waals surface area contributed by atoms with E-state index < -0.39 is 10.8 Å². The van der Waals surface area contributed by atoms with Gasteiger partial charge in [0.2, 0.25) is 0 Å². The highest BCUT2D eigenvalue weighted by atomic mass is 15.2. The number of fused-ring (bicyclic) bond motifs is 28. The Kier molecular flexibility index (Phi) is 19.1. The fourth-order valence-electron chi connectivity index (χ4n) is 21.8. The third kappa shape index (κ3) is 12.5. The van der Waals surface area contributed by atoms with E-state index in [4.69, 9.17) is 0 Å². The molecule has 620 valence electrons. The molecule has 0 fully saturated rings. The molecule has 0 saturated heterocycles. The topological polar surface area (TPSA) is 108 Å². The molecule has 0 heterocycles. The van der Waals surface area contributed by atoms with Crippen LogP contribution in [0.25, 0.3) is 87.6 Å². The van der Waals surface area contributed by atoms with Gasteiger partial charge in [0.25, 0.3) is 0 Å². The van der Waals surface area contributed by atoms with Crippen molar-refractivity contribution < 1.29 is 0 Å². The second kappa shape index (κ2) is 31.9. The maximum Gasteiger partial charge on any atom is 0.0991 e. The highest BCUT2D eigenvalue weighted by Gasteiger charge is 2.55. The number of hydrogen-bond donors (Lipinski definition) is 0. The number of para-hydroxylation sites is 2. The molecule has 8 nitrogen and oxygen atoms in total. The standard InChI is InChI=1S/C65H48N4.C59H36N4/c1-41(2)45-17-27-51(28-18-45)68(49-23-13-43(39-66)14-24-49)53-31-35-55-47(37-53)21-33-59-60-34-22-48-38-54(69(50-25-15-44(40-67)16-26-50)52-29-19-46(20-30-52)42(3)4)32-36-56(48)64(60)65(63(55)59)61-11-7-5-9-57(61)58-10-6-8-12-62(58)65;60-37-39-19-25-45(26-20-39)62(43-11-3-1-4-12-43)47-29-33-49-41(35-47)23-31-53-54-32-24-42-36-48(63(44-13-5-2-6-14-44)46-27-21-40(38-61)22-28-46)30-34-50(42)58(54)59(57(49)53)55-17-9-7-15-51(55)52-16-8-10-18-56(52)59/h5-38,41-42H,1-4H3;1-36H. The third-order valence-corrected chi connectivity index (χ3v) is 27.7. The third-order valence-electron chi connectivity index (χ3n) is 27.7. The zero-order valence-corrected chi connectivity index (χ0v) is 73.1. The smallest absolute Gasteiger partial charge is 0.0991 e. The Morgan fingerprint density at radius 1 is 0.189 bits per heavy atom. The van der Waals surface area contributed by atoms with Gasteiger partial charge in [0, 0.05) is 68.2 Å². The molecule has 0 N–H and O–H groups in total. The Bertz CT molecular complexity index is 7750. The molecular formula is C124H84N8. The molecular weight excluding hydrogens is 1600 g/mol. The summed E-state index contributed by atoms with van der Waals surface area (Å²) in [6, 6.07) is 161. The fourth-order valence-corrected chi connectivity index (χ4v) is 21.8. The SMILES string of the molecule is CC(C)c1ccc(N(c2ccc(C#N)cc2)c2ccc3c4c(ccc3c2)-c2ccc3cc(N(c5ccc(C#N)cc5)c5ccc(C(C)C)cc5)ccc3c2C42c3ccccc3-c3ccccc32)cc1.N#Cc1ccc(N(c2ccccc2)c2ccc3c4c(ccc3c2)-c2ccc3cc(N(c5ccccc5)c5ccc(C#N)cc5)ccc3c2C42c3ccccc3-c3ccccc32)cc1. The molecule has 20 aromatic carbocycles. The zero-order valence-electron chi connectivity index (χ0n) is 73.1. The molecule has 0 radical (unpaired) electrons. The van der Waals surface area contributed by atoms with Crippen LogP contribution in [0.5, 0.6) is 0 Å². The summed E-state index contributed by atoms with van der Waals surface area (Å²) < 4.78 is 0. The number of nitriles is 4. The second-order valence-electron chi connectivity index (χ2n) is 35.4. The van der Waals surface area contributed by atoms with Crippen LogP contribution in [0.4, 0.5) is 68.2 Å². The highest BCUT2D eigenvalue weighted by Crippen LogP contribution is 2.68. The van der Waals surface area contributed by atoms with E-state index in [1.807, 2.05) is 109 Å². The van der Waals surface area contributed by atoms with Crippen LogP contribution in [0.2, 0.25) is 0 Å². The molecule has 4 aliphatic rings. The van der Waals surface area contributed by atoms with Gasteiger partial charge in [-0.1, -0.05) is 258 Å². The maximum absolute atomic E-state index is 9.70. The first kappa shape index (κ1) is 79.3. The zero-order chi connectivity index (χ0) is 89.0. The molecule has 20 aromatic rings. The first-order valence-electron chi connectivity index (χ1n) is 45.1. The first-order valence-corrected chi connectivity index (χ1v) is 45.1. The Balaban J connectivity index is 0.000000150. The van der Waals surface area contributed by atoms with Gasteiger partial charge in [-0.15, -0.1) is 0 Å². The summed E-state index contributed by atoms with van der Waals surface area (Å²) in [6.07, 6.45) is 0. The van der Waals surface area contributed by atoms with Crippen molar-refractivity contribution in [1.82, 2.24) is 0 Å². The van der Waals surface area contributed by atoms with Crippen molar-refractivity contribution >= 4 is 111 Å². The van der Waals surface area contributed by atoms with E-state index in [-0.39, 0.29) is 0 Å². The van der Waals surface area contributed by atoms with Gasteiger partial charge in [-0.2, -0.15) is 21.0 Å². The van der Waals surface area contributed by atoms with Gasteiger partial charge in [0.15, 0.2) is 0 Å². The van der Waals surface area contributed by atoms with Crippen molar-refractivity contribution in [3.05, 3.63) is 503 Å². The summed E-state index contributed by atoms with van der Waals surface area (Å²) in [6.45, 7) is 8.90. The number of rotatable bonds is 14. The molecule has 132 heavy (non-hydrogen) atoms. The van der Waals surface area contributed by atoms with Gasteiger partial charge in [0.05, 0.1) is 57.4 Å². The van der Waals surface area contributed by atoms with E-state index in [2.05, 4.69) is 387 Å². The Labute approximate surface area is 768 Å². The predicted molar refractivity (Wildman–Crippen MR) is 541 cm³/mol. The van der Waals surface area contributed by atoms with Crippen molar-refractivity contribution in [1.29, 1.82) is 21.0 Å². The summed E-state index contributed by atoms with van der Waals surface area (Å²) in [5.74, 6) is 0.838. The fraction of sp³-hybridized carbons (Fsp3) is 0.0645. The van der Waals surface area contributed by atoms with E-state index in [1.165, 1.54) is 122 Å². The van der Waals surface area contributed by atoms with Gasteiger partial charge < -0.3 is 19.6 Å². The molecule has 0 aromatic heterocycles. The van der Waals surface area contributed by atoms with Crippen molar-refractivity contribution in [2.24, 2.45) is 0 Å². The van der Waals surface area contributed by atoms with E-state index >= 15 is 0 Å². The van der Waals surface area contributed by atoms with Crippen LogP contribution in [0.1, 0.15) is 117 Å². The van der Waals surface area contributed by atoms with Gasteiger partial charge in [0.1, 0.15) is 0 Å². The summed E-state index contributed by atoms with van der Waals surface area (Å²) in [5.41, 5.74) is 36.7. The van der Waals surface area contributed by atoms with Crippen LogP contribution in [-0.4, -0.2) is 0 Å². The Morgan fingerprint density at radius 2 is 0.386 bits per heavy atom. The molecule has 0 atom stereocenters. The van der Waals surface area contributed by atoms with Crippen molar-refractivity contribution in [2.75, 3.05) is 19.6 Å². The van der Waals surface area contributed by atoms with Gasteiger partial charge in [-0.3, -0.25) is 0 Å². The van der Waals surface area contributed by atoms with Gasteiger partial charge in [-0.05, 0) is 349 Å². The minimum atomic E-state index is -0.598. The highest BCUT2D eigenvalue weighted by molar-refractivity contribution is 6.13. The van der Waals surface area contributed by atoms with Crippen LogP contribution < -0.4 is 19.6 Å². The van der Waals surface area contributed by atoms with E-state index in [1.54, 1.807) is 0 Å². The molecule has 0 unspecified atom stereocenters. The summed E-state index contributed by atoms with van der Waals surface area (Å²) >= 11 is 0. The van der Waals surface area contributed by atoms with Crippen LogP contribution in [-0.2, 0) is 10.8 Å². The molecule has 0 amide bonds. The first-order chi connectivity index (χ1) is 64.9. The normalized spacial score (nSPS) is 12.6. The number of nitrogens with zero attached hydrogens (tertiary/aromatic N) is 8. The van der Waals surface area contributed by atoms with Crippen LogP contribution in [0.3, 0.4) is 0 Å². The van der Waals surface area contributed by atoms with Crippen LogP contribution >= 0.6 is 0 Å². The number of hydrogen-bond acceptors (Lipinski definition) is 8.